The Hall–Kier alpha value is -3.45. The molecular formula is C28H27F9N2O3. The molecule has 14 heteroatoms. The maximum atomic E-state index is 13.9. The second-order valence-electron chi connectivity index (χ2n) is 10.8. The first-order chi connectivity index (χ1) is 19.3. The molecule has 230 valence electrons. The summed E-state index contributed by atoms with van der Waals surface area (Å²) >= 11 is 0. The second-order valence-corrected chi connectivity index (χ2v) is 10.8. The number of hydrogen-bond donors (Lipinski definition) is 1. The first-order valence-electron chi connectivity index (χ1n) is 13.0. The fraction of sp³-hybridized carbons (Fsp3) is 0.500. The van der Waals surface area contributed by atoms with Crippen LogP contribution in [0.1, 0.15) is 65.6 Å². The minimum absolute atomic E-state index is 0.0231. The minimum Gasteiger partial charge on any atom is -0.481 e. The Bertz CT molecular complexity index is 1340. The monoisotopic (exact) mass is 610 g/mol. The van der Waals surface area contributed by atoms with Crippen molar-refractivity contribution in [3.05, 3.63) is 63.7 Å². The Kier molecular flexibility index (Phi) is 8.24. The third-order valence-corrected chi connectivity index (χ3v) is 7.76. The van der Waals surface area contributed by atoms with E-state index in [0.717, 1.165) is 17.9 Å². The lowest BCUT2D eigenvalue weighted by atomic mass is 9.94. The highest BCUT2D eigenvalue weighted by Gasteiger charge is 2.45. The van der Waals surface area contributed by atoms with Crippen molar-refractivity contribution in [2.24, 2.45) is 11.8 Å². The Balaban J connectivity index is 1.79. The fourth-order valence-corrected chi connectivity index (χ4v) is 5.61. The van der Waals surface area contributed by atoms with Gasteiger partial charge in [0.05, 0.1) is 28.7 Å². The predicted octanol–water partition coefficient (Wildman–Crippen LogP) is 7.46. The van der Waals surface area contributed by atoms with Crippen LogP contribution in [-0.4, -0.2) is 35.0 Å². The van der Waals surface area contributed by atoms with Crippen molar-refractivity contribution in [1.82, 2.24) is 4.90 Å². The molecule has 2 aromatic rings. The molecule has 1 amide bonds. The Labute approximate surface area is 234 Å². The van der Waals surface area contributed by atoms with Gasteiger partial charge in [-0.15, -0.1) is 0 Å². The van der Waals surface area contributed by atoms with Gasteiger partial charge in [0.2, 0.25) is 5.91 Å². The number of carboxylic acid groups (broad SMARTS) is 1. The van der Waals surface area contributed by atoms with Gasteiger partial charge >= 0.3 is 24.5 Å². The Morgan fingerprint density at radius 1 is 0.929 bits per heavy atom. The normalized spacial score (nSPS) is 21.0. The van der Waals surface area contributed by atoms with E-state index >= 15 is 0 Å². The molecule has 42 heavy (non-hydrogen) atoms. The van der Waals surface area contributed by atoms with E-state index in [1.54, 1.807) is 4.90 Å². The van der Waals surface area contributed by atoms with E-state index < -0.39 is 71.2 Å². The SMILES string of the molecule is CC(=O)N(Cc1cc(C(F)(F)F)cc(C(F)(F)F)c1)[C@H]1CCCN(CC2CC2C(=O)O)c2cc(C(F)(F)F)c(C)cc21. The summed E-state index contributed by atoms with van der Waals surface area (Å²) in [5.41, 5.74) is -4.32. The zero-order valence-corrected chi connectivity index (χ0v) is 22.4. The molecule has 1 heterocycles. The van der Waals surface area contributed by atoms with Gasteiger partial charge in [-0.2, -0.15) is 39.5 Å². The van der Waals surface area contributed by atoms with Crippen LogP contribution in [-0.2, 0) is 34.7 Å². The molecule has 0 saturated heterocycles. The highest BCUT2D eigenvalue weighted by atomic mass is 19.4. The molecule has 1 aliphatic heterocycles. The molecule has 0 aromatic heterocycles. The van der Waals surface area contributed by atoms with Crippen LogP contribution in [0.3, 0.4) is 0 Å². The first kappa shape index (κ1) is 31.5. The summed E-state index contributed by atoms with van der Waals surface area (Å²) in [7, 11) is 0. The Morgan fingerprint density at radius 2 is 1.52 bits per heavy atom. The quantitative estimate of drug-likeness (QED) is 0.345. The van der Waals surface area contributed by atoms with Crippen molar-refractivity contribution < 1.29 is 54.2 Å². The van der Waals surface area contributed by atoms with Gasteiger partial charge in [0, 0.05) is 32.2 Å². The van der Waals surface area contributed by atoms with E-state index in [9.17, 15) is 54.2 Å². The van der Waals surface area contributed by atoms with Gasteiger partial charge in [-0.05, 0) is 73.1 Å². The number of fused-ring (bicyclic) bond motifs is 1. The molecule has 5 nitrogen and oxygen atoms in total. The van der Waals surface area contributed by atoms with E-state index in [1.165, 1.54) is 13.0 Å². The molecule has 0 spiro atoms. The number of halogens is 9. The Morgan fingerprint density at radius 3 is 2.00 bits per heavy atom. The average Bonchev–Trinajstić information content (AvgIpc) is 3.64. The van der Waals surface area contributed by atoms with Crippen LogP contribution in [0.25, 0.3) is 0 Å². The molecular weight excluding hydrogens is 583 g/mol. The van der Waals surface area contributed by atoms with Crippen LogP contribution in [0, 0.1) is 18.8 Å². The fourth-order valence-electron chi connectivity index (χ4n) is 5.61. The average molecular weight is 611 g/mol. The van der Waals surface area contributed by atoms with Crippen LogP contribution in [0.5, 0.6) is 0 Å². The molecule has 1 saturated carbocycles. The number of carbonyl (C=O) groups excluding carboxylic acids is 1. The number of benzene rings is 2. The standard InChI is InChI=1S/C28H27F9N2O3/c1-14-6-21-23(39(15(2)40)12-16-7-18(26(29,30)31)10-19(8-16)27(32,33)34)4-3-5-38(13-17-9-20(17)25(41)42)24(21)11-22(14)28(35,36)37/h6-8,10-11,17,20,23H,3-5,9,12-13H2,1-2H3,(H,41,42)/t17?,20?,23-/m0/s1. The van der Waals surface area contributed by atoms with Crippen molar-refractivity contribution in [3.63, 3.8) is 0 Å². The lowest BCUT2D eigenvalue weighted by Gasteiger charge is -2.34. The van der Waals surface area contributed by atoms with Gasteiger partial charge in [-0.1, -0.05) is 6.07 Å². The maximum absolute atomic E-state index is 13.9. The van der Waals surface area contributed by atoms with Crippen LogP contribution < -0.4 is 4.90 Å². The lowest BCUT2D eigenvalue weighted by molar-refractivity contribution is -0.143. The molecule has 2 aromatic carbocycles. The number of carbonyl (C=O) groups is 2. The summed E-state index contributed by atoms with van der Waals surface area (Å²) in [6.45, 7) is 1.99. The number of aryl methyl sites for hydroxylation is 1. The number of rotatable bonds is 6. The van der Waals surface area contributed by atoms with Crippen LogP contribution in [0.4, 0.5) is 45.2 Å². The van der Waals surface area contributed by atoms with E-state index in [0.29, 0.717) is 25.0 Å². The molecule has 4 rings (SSSR count). The summed E-state index contributed by atoms with van der Waals surface area (Å²) in [6.07, 6.45) is -14.1. The van der Waals surface area contributed by atoms with Crippen LogP contribution >= 0.6 is 0 Å². The van der Waals surface area contributed by atoms with E-state index in [2.05, 4.69) is 0 Å². The van der Waals surface area contributed by atoms with Crippen molar-refractivity contribution in [2.45, 2.75) is 64.2 Å². The van der Waals surface area contributed by atoms with E-state index in [1.807, 2.05) is 0 Å². The molecule has 1 N–H and O–H groups in total. The number of anilines is 1. The minimum atomic E-state index is -5.10. The zero-order valence-electron chi connectivity index (χ0n) is 22.4. The number of hydrogen-bond acceptors (Lipinski definition) is 3. The molecule has 2 aliphatic rings. The third-order valence-electron chi connectivity index (χ3n) is 7.76. The molecule has 0 radical (unpaired) electrons. The summed E-state index contributed by atoms with van der Waals surface area (Å²) in [4.78, 5) is 26.9. The number of amides is 1. The van der Waals surface area contributed by atoms with Gasteiger partial charge in [0.1, 0.15) is 0 Å². The zero-order chi connectivity index (χ0) is 31.4. The smallest absolute Gasteiger partial charge is 0.416 e. The largest absolute Gasteiger partial charge is 0.481 e. The maximum Gasteiger partial charge on any atom is 0.416 e. The lowest BCUT2D eigenvalue weighted by Crippen LogP contribution is -2.33. The van der Waals surface area contributed by atoms with Gasteiger partial charge in [0.25, 0.3) is 0 Å². The summed E-state index contributed by atoms with van der Waals surface area (Å²) in [5, 5.41) is 9.29. The van der Waals surface area contributed by atoms with Gasteiger partial charge in [-0.3, -0.25) is 9.59 Å². The predicted molar refractivity (Wildman–Crippen MR) is 132 cm³/mol. The molecule has 2 unspecified atom stereocenters. The number of aliphatic carboxylic acids is 1. The molecule has 3 atom stereocenters. The van der Waals surface area contributed by atoms with Crippen molar-refractivity contribution in [1.29, 1.82) is 0 Å². The topological polar surface area (TPSA) is 60.9 Å². The number of nitrogens with zero attached hydrogens (tertiary/aromatic N) is 2. The first-order valence-corrected chi connectivity index (χ1v) is 13.0. The van der Waals surface area contributed by atoms with Crippen LogP contribution in [0.2, 0.25) is 0 Å². The summed E-state index contributed by atoms with van der Waals surface area (Å²) in [6, 6.07) is 2.21. The highest BCUT2D eigenvalue weighted by molar-refractivity contribution is 5.75. The van der Waals surface area contributed by atoms with Crippen LogP contribution in [0.15, 0.2) is 30.3 Å². The van der Waals surface area contributed by atoms with Crippen molar-refractivity contribution in [2.75, 3.05) is 18.0 Å². The summed E-state index contributed by atoms with van der Waals surface area (Å²) in [5.74, 6) is -2.67. The van der Waals surface area contributed by atoms with E-state index in [-0.39, 0.29) is 48.3 Å². The van der Waals surface area contributed by atoms with Crippen molar-refractivity contribution in [3.8, 4) is 0 Å². The molecule has 0 bridgehead atoms. The van der Waals surface area contributed by atoms with Gasteiger partial charge < -0.3 is 14.9 Å². The van der Waals surface area contributed by atoms with E-state index in [4.69, 9.17) is 0 Å². The second kappa shape index (κ2) is 11.0. The van der Waals surface area contributed by atoms with Gasteiger partial charge in [-0.25, -0.2) is 0 Å². The summed E-state index contributed by atoms with van der Waals surface area (Å²) < 4.78 is 122. The molecule has 1 aliphatic carbocycles. The number of carboxylic acids is 1. The highest BCUT2D eigenvalue weighted by Crippen LogP contribution is 2.46. The number of alkyl halides is 9. The molecule has 1 fully saturated rings. The van der Waals surface area contributed by atoms with Crippen molar-refractivity contribution >= 4 is 17.6 Å². The third kappa shape index (κ3) is 6.78. The van der Waals surface area contributed by atoms with Gasteiger partial charge in [0.15, 0.2) is 0 Å².